The zero-order valence-electron chi connectivity index (χ0n) is 19.3. The van der Waals surface area contributed by atoms with Crippen molar-refractivity contribution in [2.75, 3.05) is 6.54 Å². The van der Waals surface area contributed by atoms with Crippen molar-refractivity contribution in [1.29, 1.82) is 5.26 Å². The lowest BCUT2D eigenvalue weighted by Crippen LogP contribution is -2.41. The summed E-state index contributed by atoms with van der Waals surface area (Å²) in [6, 6.07) is 4.69. The van der Waals surface area contributed by atoms with Gasteiger partial charge in [-0.15, -0.1) is 0 Å². The molecule has 0 spiro atoms. The van der Waals surface area contributed by atoms with Crippen LogP contribution in [0.5, 0.6) is 0 Å². The van der Waals surface area contributed by atoms with E-state index in [1.165, 1.54) is 12.1 Å². The minimum absolute atomic E-state index is 0.0579. The molecule has 174 valence electrons. The number of nitrogens with one attached hydrogen (secondary N) is 1. The van der Waals surface area contributed by atoms with Crippen molar-refractivity contribution >= 4 is 19.3 Å². The molecule has 1 N–H and O–H groups in total. The van der Waals surface area contributed by atoms with Crippen LogP contribution in [0.4, 0.5) is 18.0 Å². The van der Waals surface area contributed by atoms with E-state index >= 15 is 0 Å². The SMILES string of the molecule is CC(C)(C)OC(=O)NCC(=Cc1ccc(C(F)(F)F)cc1C#N)B1OC(C)(C)C(C)(C)O1. The Bertz CT molecular complexity index is 928. The molecular formula is C22H28BF3N2O4. The molecule has 1 heterocycles. The van der Waals surface area contributed by atoms with E-state index in [0.29, 0.717) is 5.47 Å². The standard InChI is InChI=1S/C22H28BF3N2O4/c1-19(2,3)30-18(29)28-13-17(23-31-20(4,5)21(6,7)32-23)11-14-8-9-16(22(24,25)26)10-15(14)12-27/h8-11H,13H2,1-7H3,(H,28,29). The van der Waals surface area contributed by atoms with Gasteiger partial charge in [0.1, 0.15) is 5.60 Å². The number of carbonyl (C=O) groups excluding carboxylic acids is 1. The third-order valence-corrected chi connectivity index (χ3v) is 5.23. The molecule has 1 aromatic carbocycles. The summed E-state index contributed by atoms with van der Waals surface area (Å²) >= 11 is 0. The predicted octanol–water partition coefficient (Wildman–Crippen LogP) is 5.12. The average molecular weight is 452 g/mol. The van der Waals surface area contributed by atoms with Gasteiger partial charge >= 0.3 is 19.4 Å². The summed E-state index contributed by atoms with van der Waals surface area (Å²) in [6.45, 7) is 12.5. The Hall–Kier alpha value is -2.51. The van der Waals surface area contributed by atoms with E-state index in [1.54, 1.807) is 26.8 Å². The lowest BCUT2D eigenvalue weighted by molar-refractivity contribution is -0.137. The molecule has 1 fully saturated rings. The van der Waals surface area contributed by atoms with Crippen LogP contribution in [-0.4, -0.2) is 36.6 Å². The monoisotopic (exact) mass is 452 g/mol. The number of hydrogen-bond acceptors (Lipinski definition) is 5. The largest absolute Gasteiger partial charge is 0.492 e. The summed E-state index contributed by atoms with van der Waals surface area (Å²) in [5.41, 5.74) is -2.48. The van der Waals surface area contributed by atoms with Gasteiger partial charge in [-0.3, -0.25) is 0 Å². The van der Waals surface area contributed by atoms with Gasteiger partial charge in [0, 0.05) is 6.54 Å². The van der Waals surface area contributed by atoms with Gasteiger partial charge in [0.2, 0.25) is 0 Å². The minimum atomic E-state index is -4.57. The first-order valence-electron chi connectivity index (χ1n) is 10.1. The predicted molar refractivity (Wildman–Crippen MR) is 114 cm³/mol. The Balaban J connectivity index is 2.42. The maximum absolute atomic E-state index is 13.0. The van der Waals surface area contributed by atoms with E-state index in [0.717, 1.165) is 12.1 Å². The van der Waals surface area contributed by atoms with E-state index in [-0.39, 0.29) is 17.7 Å². The Labute approximate surface area is 186 Å². The summed E-state index contributed by atoms with van der Waals surface area (Å²) in [5, 5.41) is 12.0. The average Bonchev–Trinajstić information content (AvgIpc) is 2.83. The van der Waals surface area contributed by atoms with Crippen molar-refractivity contribution in [1.82, 2.24) is 5.32 Å². The molecule has 1 aromatic rings. The minimum Gasteiger partial charge on any atom is -0.444 e. The lowest BCUT2D eigenvalue weighted by atomic mass is 9.76. The second-order valence-corrected chi connectivity index (χ2v) is 9.57. The lowest BCUT2D eigenvalue weighted by Gasteiger charge is -2.32. The summed E-state index contributed by atoms with van der Waals surface area (Å²) in [5.74, 6) is 0. The van der Waals surface area contributed by atoms with Gasteiger partial charge in [-0.2, -0.15) is 18.4 Å². The third kappa shape index (κ3) is 6.27. The number of benzene rings is 1. The van der Waals surface area contributed by atoms with Crippen LogP contribution in [0.2, 0.25) is 0 Å². The summed E-state index contributed by atoms with van der Waals surface area (Å²) in [4.78, 5) is 12.1. The van der Waals surface area contributed by atoms with Crippen molar-refractivity contribution in [3.63, 3.8) is 0 Å². The molecule has 0 aromatic heterocycles. The van der Waals surface area contributed by atoms with Gasteiger partial charge in [0.05, 0.1) is 28.4 Å². The Morgan fingerprint density at radius 2 is 1.75 bits per heavy atom. The number of rotatable bonds is 4. The molecule has 0 radical (unpaired) electrons. The molecule has 1 aliphatic heterocycles. The first-order chi connectivity index (χ1) is 14.4. The van der Waals surface area contributed by atoms with Crippen LogP contribution in [0.1, 0.15) is 65.2 Å². The normalized spacial score (nSPS) is 18.3. The van der Waals surface area contributed by atoms with Crippen LogP contribution in [0, 0.1) is 11.3 Å². The zero-order valence-corrected chi connectivity index (χ0v) is 19.3. The Morgan fingerprint density at radius 3 is 2.22 bits per heavy atom. The fourth-order valence-electron chi connectivity index (χ4n) is 2.84. The molecule has 6 nitrogen and oxygen atoms in total. The number of nitriles is 1. The zero-order chi connectivity index (χ0) is 24.5. The summed E-state index contributed by atoms with van der Waals surface area (Å²) in [7, 11) is -0.885. The van der Waals surface area contributed by atoms with Crippen LogP contribution >= 0.6 is 0 Å². The van der Waals surface area contributed by atoms with Crippen LogP contribution in [0.25, 0.3) is 6.08 Å². The molecule has 0 saturated carbocycles. The van der Waals surface area contributed by atoms with E-state index < -0.39 is 41.8 Å². The number of halogens is 3. The van der Waals surface area contributed by atoms with Gasteiger partial charge in [0.15, 0.2) is 0 Å². The number of amides is 1. The second-order valence-electron chi connectivity index (χ2n) is 9.57. The highest BCUT2D eigenvalue weighted by Crippen LogP contribution is 2.39. The number of hydrogen-bond donors (Lipinski definition) is 1. The van der Waals surface area contributed by atoms with E-state index in [2.05, 4.69) is 5.32 Å². The molecule has 0 aliphatic carbocycles. The first kappa shape index (κ1) is 25.8. The van der Waals surface area contributed by atoms with Gasteiger partial charge in [0.25, 0.3) is 0 Å². The van der Waals surface area contributed by atoms with Crippen LogP contribution in [0.3, 0.4) is 0 Å². The molecule has 0 atom stereocenters. The number of alkyl halides is 3. The fraction of sp³-hybridized carbons (Fsp3) is 0.545. The first-order valence-corrected chi connectivity index (χ1v) is 10.1. The molecule has 2 rings (SSSR count). The second kappa shape index (κ2) is 8.79. The van der Waals surface area contributed by atoms with Gasteiger partial charge in [-0.25, -0.2) is 4.79 Å². The number of carbonyl (C=O) groups is 1. The quantitative estimate of drug-likeness (QED) is 0.642. The van der Waals surface area contributed by atoms with Crippen LogP contribution < -0.4 is 5.32 Å². The van der Waals surface area contributed by atoms with Crippen molar-refractivity contribution in [3.8, 4) is 6.07 Å². The summed E-state index contributed by atoms with van der Waals surface area (Å²) in [6.07, 6.45) is -3.74. The highest BCUT2D eigenvalue weighted by molar-refractivity contribution is 6.56. The van der Waals surface area contributed by atoms with Crippen molar-refractivity contribution in [2.24, 2.45) is 0 Å². The van der Waals surface area contributed by atoms with E-state index in [9.17, 15) is 23.2 Å². The summed E-state index contributed by atoms with van der Waals surface area (Å²) < 4.78 is 56.4. The number of ether oxygens (including phenoxy) is 1. The topological polar surface area (TPSA) is 80.6 Å². The van der Waals surface area contributed by atoms with Gasteiger partial charge < -0.3 is 19.4 Å². The van der Waals surface area contributed by atoms with Crippen LogP contribution in [0.15, 0.2) is 23.7 Å². The van der Waals surface area contributed by atoms with E-state index in [1.807, 2.05) is 27.7 Å². The highest BCUT2D eigenvalue weighted by atomic mass is 19.4. The molecule has 1 aliphatic rings. The van der Waals surface area contributed by atoms with Crippen molar-refractivity contribution in [3.05, 3.63) is 40.4 Å². The smallest absolute Gasteiger partial charge is 0.444 e. The van der Waals surface area contributed by atoms with E-state index in [4.69, 9.17) is 14.0 Å². The maximum atomic E-state index is 13.0. The van der Waals surface area contributed by atoms with Crippen molar-refractivity contribution in [2.45, 2.75) is 71.4 Å². The number of nitrogens with zero attached hydrogens (tertiary/aromatic N) is 1. The molecule has 1 saturated heterocycles. The van der Waals surface area contributed by atoms with Gasteiger partial charge in [-0.05, 0) is 71.6 Å². The molecule has 1 amide bonds. The molecule has 0 bridgehead atoms. The molecule has 0 unspecified atom stereocenters. The molecular weight excluding hydrogens is 424 g/mol. The molecule has 10 heteroatoms. The number of alkyl carbamates (subject to hydrolysis) is 1. The molecule has 32 heavy (non-hydrogen) atoms. The Morgan fingerprint density at radius 1 is 1.19 bits per heavy atom. The maximum Gasteiger partial charge on any atom is 0.492 e. The third-order valence-electron chi connectivity index (χ3n) is 5.23. The van der Waals surface area contributed by atoms with Gasteiger partial charge in [-0.1, -0.05) is 12.1 Å². The highest BCUT2D eigenvalue weighted by Gasteiger charge is 2.52. The van der Waals surface area contributed by atoms with Crippen LogP contribution in [-0.2, 0) is 20.2 Å². The van der Waals surface area contributed by atoms with Crippen molar-refractivity contribution < 1.29 is 32.0 Å². The fourth-order valence-corrected chi connectivity index (χ4v) is 2.84. The Kier molecular flexibility index (Phi) is 7.08.